The number of carbonyl (C=O) groups is 1. The maximum Gasteiger partial charge on any atom is 0.304 e. The molecule has 0 spiro atoms. The molecule has 2 N–H and O–H groups in total. The Labute approximate surface area is 116 Å². The highest BCUT2D eigenvalue weighted by Gasteiger charge is 2.11. The Morgan fingerprint density at radius 1 is 1.44 bits per heavy atom. The van der Waals surface area contributed by atoms with Gasteiger partial charge in [0, 0.05) is 11.1 Å². The van der Waals surface area contributed by atoms with Crippen molar-refractivity contribution < 1.29 is 4.79 Å². The molecule has 0 aliphatic carbocycles. The first-order valence-corrected chi connectivity index (χ1v) is 6.47. The Bertz CT molecular complexity index is 638. The number of thiazole rings is 1. The molecule has 0 unspecified atom stereocenters. The van der Waals surface area contributed by atoms with Crippen molar-refractivity contribution in [2.75, 3.05) is 0 Å². The van der Waals surface area contributed by atoms with Crippen molar-refractivity contribution in [1.29, 1.82) is 0 Å². The molecule has 2 heterocycles. The normalized spacial score (nSPS) is 10.3. The molecule has 18 heavy (non-hydrogen) atoms. The van der Waals surface area contributed by atoms with Gasteiger partial charge < -0.3 is 10.3 Å². The summed E-state index contributed by atoms with van der Waals surface area (Å²) in [6, 6.07) is 2.97. The Kier molecular flexibility index (Phi) is 4.00. The van der Waals surface area contributed by atoms with Gasteiger partial charge in [-0.1, -0.05) is 34.5 Å². The van der Waals surface area contributed by atoms with Crippen molar-refractivity contribution in [3.05, 3.63) is 48.7 Å². The zero-order chi connectivity index (χ0) is 13.1. The van der Waals surface area contributed by atoms with E-state index in [9.17, 15) is 9.59 Å². The van der Waals surface area contributed by atoms with E-state index in [4.69, 9.17) is 23.2 Å². The Hall–Kier alpha value is -1.37. The number of hydrogen-bond donors (Lipinski definition) is 2. The van der Waals surface area contributed by atoms with Gasteiger partial charge in [0.05, 0.1) is 12.1 Å². The fraction of sp³-hybridized carbons (Fsp3) is 0.100. The van der Waals surface area contributed by atoms with Crippen LogP contribution in [0.4, 0.5) is 0 Å². The van der Waals surface area contributed by atoms with Crippen molar-refractivity contribution in [2.45, 2.75) is 6.54 Å². The lowest BCUT2D eigenvalue weighted by Crippen LogP contribution is -2.23. The summed E-state index contributed by atoms with van der Waals surface area (Å²) in [6.45, 7) is 0.219. The van der Waals surface area contributed by atoms with Crippen LogP contribution < -0.4 is 10.2 Å². The topological polar surface area (TPSA) is 74.8 Å². The van der Waals surface area contributed by atoms with Crippen molar-refractivity contribution in [1.82, 2.24) is 15.3 Å². The largest absolute Gasteiger partial charge is 0.346 e. The standard InChI is InChI=1S/C10H7Cl2N3O2S/c11-7-2-1-6(8(12)15-7)9(16)13-3-5-4-18-10(17)14-5/h1-2,4H,3H2,(H,13,16)(H,14,17). The zero-order valence-corrected chi connectivity index (χ0v) is 11.2. The second-order valence-electron chi connectivity index (χ2n) is 3.33. The van der Waals surface area contributed by atoms with Gasteiger partial charge in [-0.2, -0.15) is 0 Å². The summed E-state index contributed by atoms with van der Waals surface area (Å²) >= 11 is 12.5. The average Bonchev–Trinajstić information content (AvgIpc) is 2.72. The predicted octanol–water partition coefficient (Wildman–Crippen LogP) is 2.07. The summed E-state index contributed by atoms with van der Waals surface area (Å²) < 4.78 is 0. The Balaban J connectivity index is 2.06. The lowest BCUT2D eigenvalue weighted by molar-refractivity contribution is 0.0950. The average molecular weight is 304 g/mol. The van der Waals surface area contributed by atoms with Gasteiger partial charge in [0.1, 0.15) is 10.3 Å². The van der Waals surface area contributed by atoms with Crippen LogP contribution >= 0.6 is 34.5 Å². The molecule has 0 saturated carbocycles. The molecular formula is C10H7Cl2N3O2S. The molecule has 0 bridgehead atoms. The molecule has 0 aliphatic rings. The zero-order valence-electron chi connectivity index (χ0n) is 8.87. The molecule has 94 valence electrons. The lowest BCUT2D eigenvalue weighted by atomic mass is 10.2. The predicted molar refractivity (Wildman–Crippen MR) is 70.4 cm³/mol. The summed E-state index contributed by atoms with van der Waals surface area (Å²) in [5.41, 5.74) is 0.870. The quantitative estimate of drug-likeness (QED) is 0.852. The maximum atomic E-state index is 11.8. The van der Waals surface area contributed by atoms with Crippen LogP contribution in [0.3, 0.4) is 0 Å². The molecule has 1 amide bonds. The number of amides is 1. The van der Waals surface area contributed by atoms with Gasteiger partial charge in [-0.15, -0.1) is 0 Å². The molecule has 2 aromatic heterocycles. The summed E-state index contributed by atoms with van der Waals surface area (Å²) in [7, 11) is 0. The van der Waals surface area contributed by atoms with Crippen LogP contribution in [0.25, 0.3) is 0 Å². The van der Waals surface area contributed by atoms with Gasteiger partial charge in [0.25, 0.3) is 5.91 Å². The number of aromatic nitrogens is 2. The minimum absolute atomic E-state index is 0.0406. The minimum Gasteiger partial charge on any atom is -0.346 e. The first-order valence-electron chi connectivity index (χ1n) is 4.83. The van der Waals surface area contributed by atoms with Gasteiger partial charge in [-0.3, -0.25) is 9.59 Å². The number of hydrogen-bond acceptors (Lipinski definition) is 4. The third kappa shape index (κ3) is 3.10. The number of aromatic amines is 1. The minimum atomic E-state index is -0.379. The fourth-order valence-corrected chi connectivity index (χ4v) is 2.26. The monoisotopic (exact) mass is 303 g/mol. The Morgan fingerprint density at radius 3 is 2.83 bits per heavy atom. The van der Waals surface area contributed by atoms with Crippen LogP contribution in [0.5, 0.6) is 0 Å². The van der Waals surface area contributed by atoms with Crippen LogP contribution in [-0.4, -0.2) is 15.9 Å². The molecular weight excluding hydrogens is 297 g/mol. The van der Waals surface area contributed by atoms with Crippen molar-refractivity contribution in [2.24, 2.45) is 0 Å². The summed E-state index contributed by atoms with van der Waals surface area (Å²) in [5, 5.41) is 4.52. The van der Waals surface area contributed by atoms with E-state index in [1.165, 1.54) is 12.1 Å². The highest BCUT2D eigenvalue weighted by atomic mass is 35.5. The molecule has 2 rings (SSSR count). The SMILES string of the molecule is O=C(NCc1csc(=O)[nH]1)c1ccc(Cl)nc1Cl. The van der Waals surface area contributed by atoms with Crippen molar-refractivity contribution in [3.63, 3.8) is 0 Å². The highest BCUT2D eigenvalue weighted by molar-refractivity contribution is 7.07. The first-order chi connectivity index (χ1) is 8.56. The summed E-state index contributed by atoms with van der Waals surface area (Å²) in [5.74, 6) is -0.379. The van der Waals surface area contributed by atoms with E-state index < -0.39 is 0 Å². The van der Waals surface area contributed by atoms with E-state index >= 15 is 0 Å². The number of H-pyrrole nitrogens is 1. The number of pyridine rings is 1. The summed E-state index contributed by atoms with van der Waals surface area (Å²) in [4.78, 5) is 28.9. The number of rotatable bonds is 3. The van der Waals surface area contributed by atoms with Crippen LogP contribution in [0, 0.1) is 0 Å². The fourth-order valence-electron chi connectivity index (χ4n) is 1.25. The third-order valence-corrected chi connectivity index (χ3v) is 3.29. The van der Waals surface area contributed by atoms with E-state index in [2.05, 4.69) is 15.3 Å². The molecule has 2 aromatic rings. The number of nitrogens with one attached hydrogen (secondary N) is 2. The smallest absolute Gasteiger partial charge is 0.304 e. The van der Waals surface area contributed by atoms with Gasteiger partial charge in [0.2, 0.25) is 0 Å². The number of carbonyl (C=O) groups excluding carboxylic acids is 1. The van der Waals surface area contributed by atoms with Crippen molar-refractivity contribution in [3.8, 4) is 0 Å². The van der Waals surface area contributed by atoms with E-state index in [0.717, 1.165) is 11.3 Å². The second-order valence-corrected chi connectivity index (χ2v) is 4.92. The molecule has 8 heteroatoms. The number of nitrogens with zero attached hydrogens (tertiary/aromatic N) is 1. The van der Waals surface area contributed by atoms with Crippen LogP contribution in [0.15, 0.2) is 22.3 Å². The van der Waals surface area contributed by atoms with Gasteiger partial charge in [-0.25, -0.2) is 4.98 Å². The summed E-state index contributed by atoms with van der Waals surface area (Å²) in [6.07, 6.45) is 0. The van der Waals surface area contributed by atoms with Crippen molar-refractivity contribution >= 4 is 40.4 Å². The molecule has 0 fully saturated rings. The van der Waals surface area contributed by atoms with Gasteiger partial charge >= 0.3 is 4.87 Å². The van der Waals surface area contributed by atoms with Crippen LogP contribution in [-0.2, 0) is 6.54 Å². The molecule has 0 aliphatic heterocycles. The highest BCUT2D eigenvalue weighted by Crippen LogP contribution is 2.16. The van der Waals surface area contributed by atoms with Gasteiger partial charge in [-0.05, 0) is 12.1 Å². The van der Waals surface area contributed by atoms with E-state index in [0.29, 0.717) is 5.69 Å². The molecule has 0 saturated heterocycles. The molecule has 5 nitrogen and oxygen atoms in total. The van der Waals surface area contributed by atoms with E-state index in [-0.39, 0.29) is 33.2 Å². The third-order valence-electron chi connectivity index (χ3n) is 2.07. The van der Waals surface area contributed by atoms with Crippen LogP contribution in [0.2, 0.25) is 10.3 Å². The van der Waals surface area contributed by atoms with Gasteiger partial charge in [0.15, 0.2) is 0 Å². The van der Waals surface area contributed by atoms with E-state index in [1.807, 2.05) is 0 Å². The van der Waals surface area contributed by atoms with E-state index in [1.54, 1.807) is 5.38 Å². The first kappa shape index (κ1) is 13.1. The lowest BCUT2D eigenvalue weighted by Gasteiger charge is -2.05. The Morgan fingerprint density at radius 2 is 2.22 bits per heavy atom. The molecule has 0 atom stereocenters. The second kappa shape index (κ2) is 5.51. The number of halogens is 2. The maximum absolute atomic E-state index is 11.8. The molecule has 0 radical (unpaired) electrons. The molecule has 0 aromatic carbocycles. The van der Waals surface area contributed by atoms with Crippen LogP contribution in [0.1, 0.15) is 16.1 Å².